The Morgan fingerprint density at radius 2 is 1.81 bits per heavy atom. The highest BCUT2D eigenvalue weighted by Crippen LogP contribution is 2.22. The zero-order chi connectivity index (χ0) is 15.4. The molecule has 0 fully saturated rings. The predicted octanol–water partition coefficient (Wildman–Crippen LogP) is 1.71. The monoisotopic (exact) mass is 286 g/mol. The fraction of sp³-hybridized carbons (Fsp3) is 0.312. The molecule has 0 bridgehead atoms. The van der Waals surface area contributed by atoms with E-state index in [4.69, 9.17) is 0 Å². The highest BCUT2D eigenvalue weighted by atomic mass is 16.2. The second kappa shape index (κ2) is 6.35. The van der Waals surface area contributed by atoms with Gasteiger partial charge in [-0.25, -0.2) is 0 Å². The molecule has 0 radical (unpaired) electrons. The predicted molar refractivity (Wildman–Crippen MR) is 78.9 cm³/mol. The fourth-order valence-electron chi connectivity index (χ4n) is 2.37. The number of hydrogen-bond acceptors (Lipinski definition) is 3. The van der Waals surface area contributed by atoms with Gasteiger partial charge in [-0.2, -0.15) is 0 Å². The van der Waals surface area contributed by atoms with Crippen LogP contribution < -0.4 is 0 Å². The molecule has 21 heavy (non-hydrogen) atoms. The van der Waals surface area contributed by atoms with Crippen LogP contribution >= 0.6 is 0 Å². The lowest BCUT2D eigenvalue weighted by atomic mass is 10.1. The summed E-state index contributed by atoms with van der Waals surface area (Å²) < 4.78 is 0. The summed E-state index contributed by atoms with van der Waals surface area (Å²) in [5.74, 6) is -0.737. The molecule has 5 nitrogen and oxygen atoms in total. The molecule has 0 spiro atoms. The highest BCUT2D eigenvalue weighted by Gasteiger charge is 2.35. The molecule has 2 rings (SSSR count). The van der Waals surface area contributed by atoms with Crippen molar-refractivity contribution in [3.63, 3.8) is 0 Å². The zero-order valence-electron chi connectivity index (χ0n) is 12.0. The van der Waals surface area contributed by atoms with Gasteiger partial charge in [0, 0.05) is 26.1 Å². The Morgan fingerprint density at radius 1 is 1.24 bits per heavy atom. The summed E-state index contributed by atoms with van der Waals surface area (Å²) in [6.45, 7) is 6.64. The molecule has 110 valence electrons. The van der Waals surface area contributed by atoms with Gasteiger partial charge < -0.3 is 4.90 Å². The van der Waals surface area contributed by atoms with Crippen LogP contribution in [0.4, 0.5) is 0 Å². The van der Waals surface area contributed by atoms with Gasteiger partial charge in [-0.05, 0) is 19.1 Å². The topological polar surface area (TPSA) is 57.7 Å². The van der Waals surface area contributed by atoms with Crippen LogP contribution in [0.25, 0.3) is 0 Å². The van der Waals surface area contributed by atoms with Gasteiger partial charge in [-0.15, -0.1) is 6.58 Å². The van der Waals surface area contributed by atoms with Crippen molar-refractivity contribution >= 4 is 17.7 Å². The molecular weight excluding hydrogens is 268 g/mol. The average Bonchev–Trinajstić information content (AvgIpc) is 2.75. The van der Waals surface area contributed by atoms with Crippen LogP contribution in [0.15, 0.2) is 36.9 Å². The summed E-state index contributed by atoms with van der Waals surface area (Å²) in [5, 5.41) is 0. The average molecular weight is 286 g/mol. The SMILES string of the molecule is C=CCN(CC)C(=O)CCN1C(=O)c2ccccc2C1=O. The number of likely N-dealkylation sites (N-methyl/N-ethyl adjacent to an activating group) is 1. The molecule has 1 aliphatic heterocycles. The molecule has 0 aliphatic carbocycles. The van der Waals surface area contributed by atoms with Gasteiger partial charge in [0.05, 0.1) is 11.1 Å². The minimum atomic E-state index is -0.324. The van der Waals surface area contributed by atoms with E-state index in [0.29, 0.717) is 24.2 Å². The number of benzene rings is 1. The van der Waals surface area contributed by atoms with E-state index in [0.717, 1.165) is 4.90 Å². The number of fused-ring (bicyclic) bond motifs is 1. The zero-order valence-corrected chi connectivity index (χ0v) is 12.0. The van der Waals surface area contributed by atoms with Crippen molar-refractivity contribution in [3.05, 3.63) is 48.0 Å². The number of carbonyl (C=O) groups excluding carboxylic acids is 3. The smallest absolute Gasteiger partial charge is 0.261 e. The Kier molecular flexibility index (Phi) is 4.52. The van der Waals surface area contributed by atoms with Crippen molar-refractivity contribution in [1.29, 1.82) is 0 Å². The maximum atomic E-state index is 12.1. The Labute approximate surface area is 123 Å². The van der Waals surface area contributed by atoms with E-state index >= 15 is 0 Å². The Hall–Kier alpha value is -2.43. The van der Waals surface area contributed by atoms with E-state index in [1.165, 1.54) is 0 Å². The van der Waals surface area contributed by atoms with E-state index in [9.17, 15) is 14.4 Å². The molecule has 1 aromatic carbocycles. The van der Waals surface area contributed by atoms with Gasteiger partial charge >= 0.3 is 0 Å². The Morgan fingerprint density at radius 3 is 2.29 bits per heavy atom. The number of amides is 3. The van der Waals surface area contributed by atoms with Crippen LogP contribution in [0.3, 0.4) is 0 Å². The van der Waals surface area contributed by atoms with Gasteiger partial charge in [0.15, 0.2) is 0 Å². The number of nitrogens with zero attached hydrogens (tertiary/aromatic N) is 2. The summed E-state index contributed by atoms with van der Waals surface area (Å²) in [6, 6.07) is 6.71. The molecule has 1 heterocycles. The first-order valence-corrected chi connectivity index (χ1v) is 6.94. The van der Waals surface area contributed by atoms with Crippen LogP contribution in [-0.2, 0) is 4.79 Å². The fourth-order valence-corrected chi connectivity index (χ4v) is 2.37. The molecule has 0 unspecified atom stereocenters. The largest absolute Gasteiger partial charge is 0.339 e. The molecule has 1 aliphatic rings. The summed E-state index contributed by atoms with van der Waals surface area (Å²) >= 11 is 0. The minimum Gasteiger partial charge on any atom is -0.339 e. The normalized spacial score (nSPS) is 13.3. The molecule has 0 aromatic heterocycles. The number of carbonyl (C=O) groups is 3. The second-order valence-corrected chi connectivity index (χ2v) is 4.78. The van der Waals surface area contributed by atoms with Crippen molar-refractivity contribution in [2.45, 2.75) is 13.3 Å². The van der Waals surface area contributed by atoms with Gasteiger partial charge in [0.2, 0.25) is 5.91 Å². The van der Waals surface area contributed by atoms with E-state index in [1.807, 2.05) is 6.92 Å². The molecule has 1 aromatic rings. The summed E-state index contributed by atoms with van der Waals surface area (Å²) in [5.41, 5.74) is 0.821. The van der Waals surface area contributed by atoms with E-state index in [1.54, 1.807) is 35.2 Å². The maximum absolute atomic E-state index is 12.1. The molecule has 0 N–H and O–H groups in total. The van der Waals surface area contributed by atoms with Crippen LogP contribution in [0.2, 0.25) is 0 Å². The van der Waals surface area contributed by atoms with Crippen molar-refractivity contribution in [2.24, 2.45) is 0 Å². The first-order chi connectivity index (χ1) is 10.1. The Balaban J connectivity index is 2.02. The van der Waals surface area contributed by atoms with E-state index < -0.39 is 0 Å². The highest BCUT2D eigenvalue weighted by molar-refractivity contribution is 6.21. The third-order valence-corrected chi connectivity index (χ3v) is 3.51. The lowest BCUT2D eigenvalue weighted by molar-refractivity contribution is -0.130. The lowest BCUT2D eigenvalue weighted by Crippen LogP contribution is -2.36. The standard InChI is InChI=1S/C16H18N2O3/c1-3-10-17(4-2)14(19)9-11-18-15(20)12-7-5-6-8-13(12)16(18)21/h3,5-8H,1,4,9-11H2,2H3. The maximum Gasteiger partial charge on any atom is 0.261 e. The van der Waals surface area contributed by atoms with Gasteiger partial charge in [0.1, 0.15) is 0 Å². The second-order valence-electron chi connectivity index (χ2n) is 4.78. The number of rotatable bonds is 6. The van der Waals surface area contributed by atoms with E-state index in [2.05, 4.69) is 6.58 Å². The summed E-state index contributed by atoms with van der Waals surface area (Å²) in [4.78, 5) is 39.1. The third-order valence-electron chi connectivity index (χ3n) is 3.51. The Bertz CT molecular complexity index is 560. The molecule has 0 atom stereocenters. The first-order valence-electron chi connectivity index (χ1n) is 6.94. The summed E-state index contributed by atoms with van der Waals surface area (Å²) in [6.07, 6.45) is 1.79. The quantitative estimate of drug-likeness (QED) is 0.591. The van der Waals surface area contributed by atoms with Crippen molar-refractivity contribution in [1.82, 2.24) is 9.80 Å². The third kappa shape index (κ3) is 2.86. The molecule has 5 heteroatoms. The van der Waals surface area contributed by atoms with Crippen molar-refractivity contribution in [3.8, 4) is 0 Å². The molecule has 0 saturated heterocycles. The lowest BCUT2D eigenvalue weighted by Gasteiger charge is -2.20. The van der Waals surface area contributed by atoms with Gasteiger partial charge in [-0.3, -0.25) is 19.3 Å². The van der Waals surface area contributed by atoms with Crippen LogP contribution in [-0.4, -0.2) is 47.2 Å². The molecular formula is C16H18N2O3. The van der Waals surface area contributed by atoms with Crippen molar-refractivity contribution < 1.29 is 14.4 Å². The van der Waals surface area contributed by atoms with Crippen LogP contribution in [0.5, 0.6) is 0 Å². The summed E-state index contributed by atoms with van der Waals surface area (Å²) in [7, 11) is 0. The van der Waals surface area contributed by atoms with Gasteiger partial charge in [-0.1, -0.05) is 18.2 Å². The number of imide groups is 1. The number of hydrogen-bond donors (Lipinski definition) is 0. The first kappa shape index (κ1) is 15.0. The van der Waals surface area contributed by atoms with Gasteiger partial charge in [0.25, 0.3) is 11.8 Å². The van der Waals surface area contributed by atoms with E-state index in [-0.39, 0.29) is 30.7 Å². The molecule has 3 amide bonds. The molecule has 0 saturated carbocycles. The van der Waals surface area contributed by atoms with Crippen LogP contribution in [0.1, 0.15) is 34.1 Å². The minimum absolute atomic E-state index is 0.0889. The van der Waals surface area contributed by atoms with Crippen LogP contribution in [0, 0.1) is 0 Å². The van der Waals surface area contributed by atoms with Crippen molar-refractivity contribution in [2.75, 3.05) is 19.6 Å².